The van der Waals surface area contributed by atoms with Crippen molar-refractivity contribution in [1.29, 1.82) is 0 Å². The van der Waals surface area contributed by atoms with E-state index in [9.17, 15) is 0 Å². The van der Waals surface area contributed by atoms with E-state index in [4.69, 9.17) is 0 Å². The molecule has 8 aromatic carbocycles. The van der Waals surface area contributed by atoms with Crippen LogP contribution in [0.25, 0.3) is 31.3 Å². The Morgan fingerprint density at radius 2 is 0.882 bits per heavy atom. The summed E-state index contributed by atoms with van der Waals surface area (Å²) in [5, 5.41) is 2.67. The van der Waals surface area contributed by atoms with Crippen LogP contribution in [0.1, 0.15) is 200 Å². The summed E-state index contributed by atoms with van der Waals surface area (Å²) in [4.78, 5) is 8.52. The standard InChI is InChI=1S/C80H86BN3S/c1-73(2)35-36-74(3,4)56-42-51(30-31-55(56)73)82-66-47-59-57(75(5,6)37-39-77(59,9)10)45-62(66)81-63-46-58-60(78(11,12)40-38-76(58,7)8)48-67(63)83(65-27-22-26-54-53-25-18-19-28-70(53)85-72(54)65)69-44-52(43-68(82)71(69)81)84-64-32-29-50(49-23-16-15-17-24-49)41-61(64)79(13)33-20-21-34-80(79,84)14/h15-19,22-32,41-48H,20-21,33-40H2,1-14H3. The third-order valence-electron chi connectivity index (χ3n) is 24.2. The van der Waals surface area contributed by atoms with Gasteiger partial charge in [0.25, 0.3) is 6.71 Å². The third kappa shape index (κ3) is 7.44. The van der Waals surface area contributed by atoms with E-state index in [-0.39, 0.29) is 50.2 Å². The number of benzene rings is 8. The van der Waals surface area contributed by atoms with Crippen LogP contribution in [0.2, 0.25) is 0 Å². The molecule has 4 aliphatic carbocycles. The molecule has 85 heavy (non-hydrogen) atoms. The Bertz CT molecular complexity index is 4340. The van der Waals surface area contributed by atoms with Crippen molar-refractivity contribution in [3.63, 3.8) is 0 Å². The van der Waals surface area contributed by atoms with E-state index in [2.05, 4.69) is 257 Å². The van der Waals surface area contributed by atoms with Crippen molar-refractivity contribution in [3.05, 3.63) is 185 Å². The van der Waals surface area contributed by atoms with Gasteiger partial charge in [-0.3, -0.25) is 0 Å². The number of hydrogen-bond acceptors (Lipinski definition) is 4. The van der Waals surface area contributed by atoms with E-state index < -0.39 is 0 Å². The lowest BCUT2D eigenvalue weighted by Crippen LogP contribution is -2.62. The lowest BCUT2D eigenvalue weighted by molar-refractivity contribution is 0.195. The second kappa shape index (κ2) is 17.6. The number of nitrogens with zero attached hydrogens (tertiary/aromatic N) is 3. The highest BCUT2D eigenvalue weighted by atomic mass is 32.1. The van der Waals surface area contributed by atoms with E-state index in [1.807, 2.05) is 11.3 Å². The largest absolute Gasteiger partial charge is 0.334 e. The Kier molecular flexibility index (Phi) is 11.1. The summed E-state index contributed by atoms with van der Waals surface area (Å²) in [5.74, 6) is 0. The van der Waals surface area contributed by atoms with Gasteiger partial charge >= 0.3 is 0 Å². The van der Waals surface area contributed by atoms with Crippen LogP contribution >= 0.6 is 11.3 Å². The zero-order valence-electron chi connectivity index (χ0n) is 53.3. The fraction of sp³-hybridized carbons (Fsp3) is 0.400. The van der Waals surface area contributed by atoms with E-state index in [1.165, 1.54) is 171 Å². The Balaban J connectivity index is 1.07. The molecule has 9 aromatic rings. The molecule has 0 N–H and O–H groups in total. The van der Waals surface area contributed by atoms with Crippen LogP contribution < -0.4 is 31.1 Å². The zero-order chi connectivity index (χ0) is 58.9. The highest BCUT2D eigenvalue weighted by Gasteiger charge is 2.59. The van der Waals surface area contributed by atoms with Gasteiger partial charge in [0.1, 0.15) is 0 Å². The van der Waals surface area contributed by atoms with Crippen LogP contribution in [0.3, 0.4) is 0 Å². The number of thiophene rings is 1. The number of hydrogen-bond donors (Lipinski definition) is 0. The van der Waals surface area contributed by atoms with Gasteiger partial charge in [-0.05, 0) is 218 Å². The second-order valence-corrected chi connectivity index (χ2v) is 33.0. The number of fused-ring (bicyclic) bond motifs is 13. The molecule has 4 heterocycles. The SMILES string of the molecule is CC1(C)CCC(C)(C)c2cc(N3c4cc5c(cc4B4c6cc7c(cc6N(c6cccc8c6sc6ccccc68)c6cc(N8c9ccc(-c%10ccccc%10)cc9C9(C)CCCCC89C)cc3c64)C(C)(C)CCC7(C)C)C(C)(C)CCC5(C)C)ccc21. The van der Waals surface area contributed by atoms with Crippen LogP contribution in [-0.2, 0) is 37.9 Å². The monoisotopic (exact) mass is 1130 g/mol. The predicted octanol–water partition coefficient (Wildman–Crippen LogP) is 20.6. The first-order valence-corrected chi connectivity index (χ1v) is 33.4. The fourth-order valence-electron chi connectivity index (χ4n) is 18.3. The molecule has 2 unspecified atom stereocenters. The minimum atomic E-state index is -0.186. The molecule has 430 valence electrons. The van der Waals surface area contributed by atoms with Gasteiger partial charge in [-0.2, -0.15) is 0 Å². The fourth-order valence-corrected chi connectivity index (χ4v) is 19.5. The minimum absolute atomic E-state index is 0.00506. The average molecular weight is 1130 g/mol. The highest BCUT2D eigenvalue weighted by Crippen LogP contribution is 2.63. The molecule has 7 aliphatic rings. The van der Waals surface area contributed by atoms with Crippen molar-refractivity contribution in [3.8, 4) is 11.1 Å². The molecule has 0 spiro atoms. The molecular weight excluding hydrogens is 1050 g/mol. The molecule has 0 radical (unpaired) electrons. The molecule has 1 fully saturated rings. The Labute approximate surface area is 512 Å². The summed E-state index contributed by atoms with van der Waals surface area (Å²) < 4.78 is 2.69. The molecule has 16 rings (SSSR count). The van der Waals surface area contributed by atoms with Gasteiger partial charge in [0, 0.05) is 60.7 Å². The first-order valence-electron chi connectivity index (χ1n) is 32.5. The molecule has 5 heteroatoms. The van der Waals surface area contributed by atoms with Crippen LogP contribution in [0.5, 0.6) is 0 Å². The molecule has 0 amide bonds. The zero-order valence-corrected chi connectivity index (χ0v) is 54.1. The number of anilines is 8. The van der Waals surface area contributed by atoms with Crippen molar-refractivity contribution >= 4 is 100 Å². The molecular formula is C80H86BN3S. The van der Waals surface area contributed by atoms with Gasteiger partial charge in [0.2, 0.25) is 0 Å². The maximum atomic E-state index is 2.89. The maximum absolute atomic E-state index is 2.89. The van der Waals surface area contributed by atoms with Crippen LogP contribution in [0, 0.1) is 0 Å². The lowest BCUT2D eigenvalue weighted by Gasteiger charge is -2.52. The Morgan fingerprint density at radius 1 is 0.353 bits per heavy atom. The minimum Gasteiger partial charge on any atom is -0.334 e. The van der Waals surface area contributed by atoms with Gasteiger partial charge in [0.15, 0.2) is 0 Å². The third-order valence-corrected chi connectivity index (χ3v) is 25.4. The van der Waals surface area contributed by atoms with Gasteiger partial charge in [-0.1, -0.05) is 188 Å². The molecule has 0 bridgehead atoms. The van der Waals surface area contributed by atoms with E-state index in [0.29, 0.717) is 0 Å². The van der Waals surface area contributed by atoms with Crippen molar-refractivity contribution in [2.45, 2.75) is 205 Å². The van der Waals surface area contributed by atoms with E-state index in [1.54, 1.807) is 0 Å². The summed E-state index contributed by atoms with van der Waals surface area (Å²) in [6.45, 7) is 35.5. The average Bonchev–Trinajstić information content (AvgIpc) is 1.58. The summed E-state index contributed by atoms with van der Waals surface area (Å²) in [6.07, 6.45) is 11.8. The summed E-state index contributed by atoms with van der Waals surface area (Å²) >= 11 is 1.97. The van der Waals surface area contributed by atoms with Crippen molar-refractivity contribution in [2.75, 3.05) is 14.7 Å². The molecule has 1 aromatic heterocycles. The molecule has 3 nitrogen and oxygen atoms in total. The van der Waals surface area contributed by atoms with Crippen LogP contribution in [0.15, 0.2) is 146 Å². The maximum Gasteiger partial charge on any atom is 0.252 e. The quantitative estimate of drug-likeness (QED) is 0.163. The Morgan fingerprint density at radius 3 is 1.52 bits per heavy atom. The van der Waals surface area contributed by atoms with Crippen molar-refractivity contribution in [1.82, 2.24) is 0 Å². The molecule has 1 saturated carbocycles. The summed E-state index contributed by atoms with van der Waals surface area (Å²) in [7, 11) is 0. The normalized spacial score (nSPS) is 23.7. The smallest absolute Gasteiger partial charge is 0.252 e. The Hall–Kier alpha value is -6.56. The van der Waals surface area contributed by atoms with Crippen molar-refractivity contribution in [2.24, 2.45) is 0 Å². The van der Waals surface area contributed by atoms with Gasteiger partial charge in [-0.15, -0.1) is 11.3 Å². The molecule has 3 aliphatic heterocycles. The van der Waals surface area contributed by atoms with Crippen LogP contribution in [-0.4, -0.2) is 12.3 Å². The van der Waals surface area contributed by atoms with E-state index >= 15 is 0 Å². The summed E-state index contributed by atoms with van der Waals surface area (Å²) in [5.41, 5.74) is 27.9. The summed E-state index contributed by atoms with van der Waals surface area (Å²) in [6, 6.07) is 59.2. The first-order chi connectivity index (χ1) is 40.3. The molecule has 2 atom stereocenters. The van der Waals surface area contributed by atoms with Gasteiger partial charge in [-0.25, -0.2) is 0 Å². The highest BCUT2D eigenvalue weighted by molar-refractivity contribution is 7.26. The lowest BCUT2D eigenvalue weighted by atomic mass is 9.32. The predicted molar refractivity (Wildman–Crippen MR) is 367 cm³/mol. The molecule has 0 saturated heterocycles. The second-order valence-electron chi connectivity index (χ2n) is 31.9. The van der Waals surface area contributed by atoms with Crippen molar-refractivity contribution < 1.29 is 0 Å². The van der Waals surface area contributed by atoms with Gasteiger partial charge < -0.3 is 14.7 Å². The topological polar surface area (TPSA) is 9.72 Å². The van der Waals surface area contributed by atoms with E-state index in [0.717, 1.165) is 25.7 Å². The van der Waals surface area contributed by atoms with Crippen LogP contribution in [0.4, 0.5) is 45.5 Å². The van der Waals surface area contributed by atoms with Gasteiger partial charge in [0.05, 0.1) is 15.9 Å². The number of rotatable bonds is 4. The first kappa shape index (κ1) is 53.9.